The molecule has 1 saturated heterocycles. The van der Waals surface area contributed by atoms with Crippen LogP contribution in [0.2, 0.25) is 0 Å². The predicted octanol–water partition coefficient (Wildman–Crippen LogP) is 3.93. The summed E-state index contributed by atoms with van der Waals surface area (Å²) in [6, 6.07) is 13.9. The Morgan fingerprint density at radius 3 is 2.23 bits per heavy atom. The van der Waals surface area contributed by atoms with Crippen molar-refractivity contribution in [1.82, 2.24) is 4.90 Å². The molecule has 0 aliphatic carbocycles. The second-order valence-corrected chi connectivity index (χ2v) is 7.35. The van der Waals surface area contributed by atoms with Crippen molar-refractivity contribution < 1.29 is 14.3 Å². The monoisotopic (exact) mass is 433 g/mol. The maximum atomic E-state index is 12.8. The number of anilines is 2. The molecule has 0 atom stereocenters. The second kappa shape index (κ2) is 11.0. The molecule has 2 aromatic rings. The fourth-order valence-corrected chi connectivity index (χ4v) is 3.65. The van der Waals surface area contributed by atoms with Crippen LogP contribution in [0.15, 0.2) is 42.5 Å². The van der Waals surface area contributed by atoms with Gasteiger partial charge in [0.15, 0.2) is 0 Å². The van der Waals surface area contributed by atoms with E-state index in [4.69, 9.17) is 9.47 Å². The van der Waals surface area contributed by atoms with Crippen LogP contribution in [0.25, 0.3) is 0 Å². The van der Waals surface area contributed by atoms with Gasteiger partial charge in [0.05, 0.1) is 30.7 Å². The lowest BCUT2D eigenvalue weighted by Gasteiger charge is -2.39. The van der Waals surface area contributed by atoms with E-state index in [0.29, 0.717) is 12.2 Å². The topological polar surface area (TPSA) is 45.2 Å². The molecule has 0 unspecified atom stereocenters. The summed E-state index contributed by atoms with van der Waals surface area (Å²) in [6.07, 6.45) is 0.923. The zero-order valence-corrected chi connectivity index (χ0v) is 19.1. The molecule has 1 aliphatic heterocycles. The molecular formula is C23H32ClN3O3. The Labute approximate surface area is 185 Å². The third-order valence-corrected chi connectivity index (χ3v) is 5.12. The second-order valence-electron chi connectivity index (χ2n) is 7.35. The quantitative estimate of drug-likeness (QED) is 0.661. The van der Waals surface area contributed by atoms with E-state index in [1.807, 2.05) is 36.4 Å². The molecule has 1 fully saturated rings. The van der Waals surface area contributed by atoms with E-state index in [1.165, 1.54) is 0 Å². The molecule has 30 heavy (non-hydrogen) atoms. The summed E-state index contributed by atoms with van der Waals surface area (Å²) < 4.78 is 11.5. The van der Waals surface area contributed by atoms with E-state index in [-0.39, 0.29) is 18.3 Å². The number of hydrogen-bond donors (Lipinski definition) is 0. The number of benzene rings is 2. The Bertz CT molecular complexity index is 836. The van der Waals surface area contributed by atoms with Gasteiger partial charge in [0.25, 0.3) is 5.91 Å². The van der Waals surface area contributed by atoms with E-state index in [9.17, 15) is 4.79 Å². The number of ether oxygens (including phenoxy) is 2. The predicted molar refractivity (Wildman–Crippen MR) is 125 cm³/mol. The number of carbonyl (C=O) groups is 1. The molecule has 0 N–H and O–H groups in total. The Hall–Kier alpha value is -2.60. The highest BCUT2D eigenvalue weighted by atomic mass is 35.5. The standard InChI is InChI=1S/C23H31N3O3.ClH/c1-5-17-29-21-12-8-9-18(23(27)24(2)3)22(21)26-15-13-25(14-16-26)19-10-6-7-11-20(19)28-4;/h6-12H,5,13-17H2,1-4H3;1H. The minimum absolute atomic E-state index is 0. The van der Waals surface area contributed by atoms with Crippen molar-refractivity contribution >= 4 is 29.7 Å². The lowest BCUT2D eigenvalue weighted by Crippen LogP contribution is -2.47. The van der Waals surface area contributed by atoms with Crippen LogP contribution in [0.5, 0.6) is 11.5 Å². The maximum Gasteiger partial charge on any atom is 0.255 e. The highest BCUT2D eigenvalue weighted by Crippen LogP contribution is 2.35. The van der Waals surface area contributed by atoms with E-state index >= 15 is 0 Å². The summed E-state index contributed by atoms with van der Waals surface area (Å²) in [4.78, 5) is 19.0. The first-order valence-electron chi connectivity index (χ1n) is 10.2. The van der Waals surface area contributed by atoms with Gasteiger partial charge in [-0.15, -0.1) is 12.4 Å². The molecule has 7 heteroatoms. The molecule has 1 aliphatic rings. The van der Waals surface area contributed by atoms with Gasteiger partial charge in [-0.05, 0) is 30.7 Å². The molecule has 0 spiro atoms. The number of halogens is 1. The molecular weight excluding hydrogens is 402 g/mol. The Morgan fingerprint density at radius 2 is 1.60 bits per heavy atom. The van der Waals surface area contributed by atoms with Gasteiger partial charge in [-0.1, -0.05) is 25.1 Å². The van der Waals surface area contributed by atoms with Crippen LogP contribution in [0.1, 0.15) is 23.7 Å². The molecule has 1 amide bonds. The maximum absolute atomic E-state index is 12.8. The Kier molecular flexibility index (Phi) is 8.66. The lowest BCUT2D eigenvalue weighted by molar-refractivity contribution is 0.0827. The van der Waals surface area contributed by atoms with Crippen LogP contribution in [-0.2, 0) is 0 Å². The van der Waals surface area contributed by atoms with Gasteiger partial charge >= 0.3 is 0 Å². The lowest BCUT2D eigenvalue weighted by atomic mass is 10.1. The minimum atomic E-state index is -0.00546. The molecule has 0 bridgehead atoms. The summed E-state index contributed by atoms with van der Waals surface area (Å²) in [7, 11) is 5.27. The summed E-state index contributed by atoms with van der Waals surface area (Å²) in [5, 5.41) is 0. The highest BCUT2D eigenvalue weighted by molar-refractivity contribution is 6.01. The molecule has 6 nitrogen and oxygen atoms in total. The zero-order valence-electron chi connectivity index (χ0n) is 18.3. The zero-order chi connectivity index (χ0) is 20.8. The third-order valence-electron chi connectivity index (χ3n) is 5.12. The first-order chi connectivity index (χ1) is 14.1. The van der Waals surface area contributed by atoms with Crippen molar-refractivity contribution in [2.75, 3.05) is 63.8 Å². The molecule has 3 rings (SSSR count). The number of amides is 1. The van der Waals surface area contributed by atoms with Crippen molar-refractivity contribution in [3.8, 4) is 11.5 Å². The molecule has 0 aromatic heterocycles. The number of para-hydroxylation sites is 3. The summed E-state index contributed by atoms with van der Waals surface area (Å²) in [6.45, 7) is 6.01. The van der Waals surface area contributed by atoms with Crippen LogP contribution in [0.3, 0.4) is 0 Å². The Balaban J connectivity index is 0.00000320. The van der Waals surface area contributed by atoms with Gasteiger partial charge in [-0.2, -0.15) is 0 Å². The molecule has 164 valence electrons. The van der Waals surface area contributed by atoms with Crippen LogP contribution < -0.4 is 19.3 Å². The van der Waals surface area contributed by atoms with E-state index in [1.54, 1.807) is 26.1 Å². The molecule has 1 heterocycles. The number of carbonyl (C=O) groups excluding carboxylic acids is 1. The average molecular weight is 434 g/mol. The Morgan fingerprint density at radius 1 is 0.967 bits per heavy atom. The largest absolute Gasteiger partial charge is 0.495 e. The van der Waals surface area contributed by atoms with E-state index in [2.05, 4.69) is 22.8 Å². The summed E-state index contributed by atoms with van der Waals surface area (Å²) >= 11 is 0. The number of methoxy groups -OCH3 is 1. The van der Waals surface area contributed by atoms with Crippen molar-refractivity contribution in [1.29, 1.82) is 0 Å². The van der Waals surface area contributed by atoms with Crippen LogP contribution in [-0.4, -0.2) is 64.8 Å². The van der Waals surface area contributed by atoms with Gasteiger partial charge < -0.3 is 24.2 Å². The van der Waals surface area contributed by atoms with Gasteiger partial charge in [-0.25, -0.2) is 0 Å². The van der Waals surface area contributed by atoms with Crippen molar-refractivity contribution in [2.45, 2.75) is 13.3 Å². The average Bonchev–Trinajstić information content (AvgIpc) is 2.76. The van der Waals surface area contributed by atoms with Crippen molar-refractivity contribution in [3.05, 3.63) is 48.0 Å². The smallest absolute Gasteiger partial charge is 0.255 e. The van der Waals surface area contributed by atoms with Crippen molar-refractivity contribution in [2.24, 2.45) is 0 Å². The van der Waals surface area contributed by atoms with Gasteiger partial charge in [0, 0.05) is 40.3 Å². The number of rotatable bonds is 7. The molecule has 2 aromatic carbocycles. The number of hydrogen-bond acceptors (Lipinski definition) is 5. The number of piperazine rings is 1. The first kappa shape index (κ1) is 23.7. The van der Waals surface area contributed by atoms with E-state index < -0.39 is 0 Å². The fourth-order valence-electron chi connectivity index (χ4n) is 3.65. The first-order valence-corrected chi connectivity index (χ1v) is 10.2. The SMILES string of the molecule is CCCOc1cccc(C(=O)N(C)C)c1N1CCN(c2ccccc2OC)CC1.Cl. The van der Waals surface area contributed by atoms with Crippen LogP contribution in [0.4, 0.5) is 11.4 Å². The summed E-state index contributed by atoms with van der Waals surface area (Å²) in [5.74, 6) is 1.66. The van der Waals surface area contributed by atoms with E-state index in [0.717, 1.165) is 55.5 Å². The van der Waals surface area contributed by atoms with Crippen molar-refractivity contribution in [3.63, 3.8) is 0 Å². The van der Waals surface area contributed by atoms with Crippen LogP contribution >= 0.6 is 12.4 Å². The minimum Gasteiger partial charge on any atom is -0.495 e. The van der Waals surface area contributed by atoms with Crippen LogP contribution in [0, 0.1) is 0 Å². The molecule has 0 radical (unpaired) electrons. The number of nitrogens with zero attached hydrogens (tertiary/aromatic N) is 3. The van der Waals surface area contributed by atoms with Gasteiger partial charge in [0.1, 0.15) is 11.5 Å². The normalized spacial score (nSPS) is 13.5. The highest BCUT2D eigenvalue weighted by Gasteiger charge is 2.26. The summed E-state index contributed by atoms with van der Waals surface area (Å²) in [5.41, 5.74) is 2.70. The van der Waals surface area contributed by atoms with Gasteiger partial charge in [0.2, 0.25) is 0 Å². The molecule has 0 saturated carbocycles. The van der Waals surface area contributed by atoms with Gasteiger partial charge in [-0.3, -0.25) is 4.79 Å². The fraction of sp³-hybridized carbons (Fsp3) is 0.435. The third kappa shape index (κ3) is 5.11.